The summed E-state index contributed by atoms with van der Waals surface area (Å²) in [7, 11) is -1.87. The molecular formula is C12H21N3O2S. The van der Waals surface area contributed by atoms with Crippen molar-refractivity contribution in [1.82, 2.24) is 14.6 Å². The minimum absolute atomic E-state index is 0.292. The largest absolute Gasteiger partial charge is 0.363 e. The summed E-state index contributed by atoms with van der Waals surface area (Å²) in [6.07, 6.45) is 4.14. The lowest BCUT2D eigenvalue weighted by Crippen LogP contribution is -2.26. The number of nitrogens with one attached hydrogen (secondary N) is 2. The van der Waals surface area contributed by atoms with Gasteiger partial charge in [-0.3, -0.25) is 0 Å². The standard InChI is InChI=1S/C12H21N3O2S/c1-4-6-13-9-11-8-12(10-14-11)18(16,17)15(3)7-5-2/h5,8,10,13-14H,2,4,6-7,9H2,1,3H3. The van der Waals surface area contributed by atoms with Crippen LogP contribution in [-0.4, -0.2) is 37.8 Å². The van der Waals surface area contributed by atoms with E-state index >= 15 is 0 Å². The fourth-order valence-corrected chi connectivity index (χ4v) is 2.69. The van der Waals surface area contributed by atoms with Gasteiger partial charge in [0.25, 0.3) is 0 Å². The Morgan fingerprint density at radius 3 is 2.89 bits per heavy atom. The summed E-state index contributed by atoms with van der Waals surface area (Å²) < 4.78 is 25.5. The molecule has 1 aromatic heterocycles. The molecular weight excluding hydrogens is 250 g/mol. The number of sulfonamides is 1. The highest BCUT2D eigenvalue weighted by Gasteiger charge is 2.20. The molecule has 0 aliphatic carbocycles. The molecule has 102 valence electrons. The van der Waals surface area contributed by atoms with Crippen LogP contribution in [0.3, 0.4) is 0 Å². The van der Waals surface area contributed by atoms with Gasteiger partial charge in [-0.15, -0.1) is 6.58 Å². The van der Waals surface area contributed by atoms with E-state index in [4.69, 9.17) is 0 Å². The van der Waals surface area contributed by atoms with E-state index in [-0.39, 0.29) is 0 Å². The molecule has 0 aromatic carbocycles. The van der Waals surface area contributed by atoms with Gasteiger partial charge in [0, 0.05) is 32.0 Å². The van der Waals surface area contributed by atoms with Crippen molar-refractivity contribution in [1.29, 1.82) is 0 Å². The lowest BCUT2D eigenvalue weighted by Gasteiger charge is -2.13. The van der Waals surface area contributed by atoms with Gasteiger partial charge in [-0.2, -0.15) is 4.31 Å². The Bertz CT molecular complexity index is 479. The molecule has 0 aliphatic rings. The highest BCUT2D eigenvalue weighted by Crippen LogP contribution is 2.15. The van der Waals surface area contributed by atoms with Crippen LogP contribution in [0.25, 0.3) is 0 Å². The Balaban J connectivity index is 2.75. The zero-order chi connectivity index (χ0) is 13.6. The minimum Gasteiger partial charge on any atom is -0.363 e. The summed E-state index contributed by atoms with van der Waals surface area (Å²) in [5.41, 5.74) is 0.869. The lowest BCUT2D eigenvalue weighted by molar-refractivity contribution is 0.499. The molecule has 0 atom stereocenters. The maximum absolute atomic E-state index is 12.1. The van der Waals surface area contributed by atoms with E-state index in [1.54, 1.807) is 19.2 Å². The van der Waals surface area contributed by atoms with Gasteiger partial charge in [0.05, 0.1) is 4.90 Å². The zero-order valence-corrected chi connectivity index (χ0v) is 11.8. The number of aromatic nitrogens is 1. The predicted molar refractivity (Wildman–Crippen MR) is 72.8 cm³/mol. The van der Waals surface area contributed by atoms with Gasteiger partial charge in [0.15, 0.2) is 0 Å². The number of hydrogen-bond donors (Lipinski definition) is 2. The average molecular weight is 271 g/mol. The van der Waals surface area contributed by atoms with E-state index in [2.05, 4.69) is 23.8 Å². The zero-order valence-electron chi connectivity index (χ0n) is 10.9. The van der Waals surface area contributed by atoms with Crippen molar-refractivity contribution in [2.75, 3.05) is 20.1 Å². The van der Waals surface area contributed by atoms with E-state index in [0.717, 1.165) is 18.7 Å². The molecule has 0 spiro atoms. The molecule has 1 aromatic rings. The van der Waals surface area contributed by atoms with E-state index in [0.29, 0.717) is 18.0 Å². The number of rotatable bonds is 8. The van der Waals surface area contributed by atoms with Crippen molar-refractivity contribution in [3.8, 4) is 0 Å². The van der Waals surface area contributed by atoms with Gasteiger partial charge in [-0.05, 0) is 19.0 Å². The number of hydrogen-bond acceptors (Lipinski definition) is 3. The Morgan fingerprint density at radius 1 is 1.56 bits per heavy atom. The number of nitrogens with zero attached hydrogens (tertiary/aromatic N) is 1. The Labute approximate surface area is 109 Å². The normalized spacial score (nSPS) is 11.9. The van der Waals surface area contributed by atoms with Gasteiger partial charge in [0.1, 0.15) is 0 Å². The van der Waals surface area contributed by atoms with Crippen LogP contribution >= 0.6 is 0 Å². The summed E-state index contributed by atoms with van der Waals surface area (Å²) in [5.74, 6) is 0. The first-order chi connectivity index (χ1) is 8.52. The highest BCUT2D eigenvalue weighted by molar-refractivity contribution is 7.89. The highest BCUT2D eigenvalue weighted by atomic mass is 32.2. The van der Waals surface area contributed by atoms with Crippen molar-refractivity contribution in [3.63, 3.8) is 0 Å². The Kier molecular flexibility index (Phi) is 5.58. The fourth-order valence-electron chi connectivity index (χ4n) is 1.53. The molecule has 6 heteroatoms. The summed E-state index contributed by atoms with van der Waals surface area (Å²) in [6, 6.07) is 1.66. The molecule has 0 bridgehead atoms. The number of likely N-dealkylation sites (N-methyl/N-ethyl adjacent to an activating group) is 1. The molecule has 2 N–H and O–H groups in total. The minimum atomic E-state index is -3.41. The first-order valence-corrected chi connectivity index (χ1v) is 7.41. The van der Waals surface area contributed by atoms with Crippen molar-refractivity contribution in [2.24, 2.45) is 0 Å². The van der Waals surface area contributed by atoms with Gasteiger partial charge in [0.2, 0.25) is 10.0 Å². The second kappa shape index (κ2) is 6.72. The summed E-state index contributed by atoms with van der Waals surface area (Å²) in [6.45, 7) is 7.49. The van der Waals surface area contributed by atoms with Crippen LogP contribution in [0.1, 0.15) is 19.0 Å². The summed E-state index contributed by atoms with van der Waals surface area (Å²) >= 11 is 0. The Morgan fingerprint density at radius 2 is 2.28 bits per heavy atom. The molecule has 0 aliphatic heterocycles. The summed E-state index contributed by atoms with van der Waals surface area (Å²) in [4.78, 5) is 3.27. The fraction of sp³-hybridized carbons (Fsp3) is 0.500. The molecule has 0 fully saturated rings. The second-order valence-corrected chi connectivity index (χ2v) is 6.16. The first-order valence-electron chi connectivity index (χ1n) is 5.97. The van der Waals surface area contributed by atoms with Crippen LogP contribution in [0.5, 0.6) is 0 Å². The van der Waals surface area contributed by atoms with Gasteiger partial charge < -0.3 is 10.3 Å². The molecule has 0 radical (unpaired) electrons. The third-order valence-corrected chi connectivity index (χ3v) is 4.35. The van der Waals surface area contributed by atoms with Crippen LogP contribution < -0.4 is 5.32 Å². The first kappa shape index (κ1) is 14.9. The second-order valence-electron chi connectivity index (χ2n) is 4.11. The van der Waals surface area contributed by atoms with Crippen molar-refractivity contribution < 1.29 is 8.42 Å². The van der Waals surface area contributed by atoms with Crippen molar-refractivity contribution in [3.05, 3.63) is 30.6 Å². The van der Waals surface area contributed by atoms with Crippen LogP contribution in [0.15, 0.2) is 29.8 Å². The molecule has 1 heterocycles. The number of H-pyrrole nitrogens is 1. The van der Waals surface area contributed by atoms with Crippen LogP contribution in [0.2, 0.25) is 0 Å². The van der Waals surface area contributed by atoms with Gasteiger partial charge >= 0.3 is 0 Å². The SMILES string of the molecule is C=CCN(C)S(=O)(=O)c1c[nH]c(CNCCC)c1. The molecule has 0 saturated carbocycles. The molecule has 18 heavy (non-hydrogen) atoms. The molecule has 0 amide bonds. The van der Waals surface area contributed by atoms with E-state index in [1.165, 1.54) is 10.5 Å². The third kappa shape index (κ3) is 3.69. The molecule has 0 unspecified atom stereocenters. The van der Waals surface area contributed by atoms with Crippen LogP contribution in [0, 0.1) is 0 Å². The lowest BCUT2D eigenvalue weighted by atomic mass is 10.4. The molecule has 5 nitrogen and oxygen atoms in total. The quantitative estimate of drug-likeness (QED) is 0.553. The van der Waals surface area contributed by atoms with Crippen LogP contribution in [0.4, 0.5) is 0 Å². The molecule has 0 saturated heterocycles. The average Bonchev–Trinajstić information content (AvgIpc) is 2.79. The van der Waals surface area contributed by atoms with Crippen molar-refractivity contribution >= 4 is 10.0 Å². The van der Waals surface area contributed by atoms with E-state index in [9.17, 15) is 8.42 Å². The van der Waals surface area contributed by atoms with Gasteiger partial charge in [-0.25, -0.2) is 8.42 Å². The smallest absolute Gasteiger partial charge is 0.244 e. The van der Waals surface area contributed by atoms with E-state index < -0.39 is 10.0 Å². The van der Waals surface area contributed by atoms with Crippen LogP contribution in [-0.2, 0) is 16.6 Å². The van der Waals surface area contributed by atoms with E-state index in [1.807, 2.05) is 0 Å². The monoisotopic (exact) mass is 271 g/mol. The predicted octanol–water partition coefficient (Wildman–Crippen LogP) is 1.32. The maximum atomic E-state index is 12.1. The Hall–Kier alpha value is -1.11. The third-order valence-electron chi connectivity index (χ3n) is 2.55. The maximum Gasteiger partial charge on any atom is 0.244 e. The number of aromatic amines is 1. The summed E-state index contributed by atoms with van der Waals surface area (Å²) in [5, 5.41) is 3.21. The van der Waals surface area contributed by atoms with Crippen molar-refractivity contribution in [2.45, 2.75) is 24.8 Å². The topological polar surface area (TPSA) is 65.2 Å². The molecule has 1 rings (SSSR count). The van der Waals surface area contributed by atoms with Gasteiger partial charge in [-0.1, -0.05) is 13.0 Å².